The van der Waals surface area contributed by atoms with Crippen LogP contribution in [0.15, 0.2) is 53.4 Å². The molecule has 0 aliphatic heterocycles. The first-order valence-electron chi connectivity index (χ1n) is 7.44. The average molecular weight is 371 g/mol. The third kappa shape index (κ3) is 4.77. The predicted octanol–water partition coefficient (Wildman–Crippen LogP) is 3.23. The molecule has 7 heteroatoms. The van der Waals surface area contributed by atoms with Crippen molar-refractivity contribution in [3.05, 3.63) is 64.9 Å². The van der Waals surface area contributed by atoms with Crippen molar-refractivity contribution in [2.24, 2.45) is 0 Å². The highest BCUT2D eigenvalue weighted by Gasteiger charge is 2.25. The number of hydrogen-bond acceptors (Lipinski definition) is 3. The van der Waals surface area contributed by atoms with Crippen molar-refractivity contribution in [1.82, 2.24) is 9.21 Å². The van der Waals surface area contributed by atoms with E-state index in [2.05, 4.69) is 0 Å². The van der Waals surface area contributed by atoms with E-state index in [9.17, 15) is 12.8 Å². The highest BCUT2D eigenvalue weighted by atomic mass is 35.5. The molecule has 0 fully saturated rings. The number of halogens is 2. The Hall–Kier alpha value is -1.47. The Labute approximate surface area is 147 Å². The summed E-state index contributed by atoms with van der Waals surface area (Å²) < 4.78 is 41.1. The minimum Gasteiger partial charge on any atom is -0.308 e. The van der Waals surface area contributed by atoms with Gasteiger partial charge in [-0.25, -0.2) is 12.8 Å². The van der Waals surface area contributed by atoms with Crippen LogP contribution in [0.3, 0.4) is 0 Å². The maximum atomic E-state index is 14.0. The highest BCUT2D eigenvalue weighted by molar-refractivity contribution is 7.89. The molecule has 0 aliphatic rings. The summed E-state index contributed by atoms with van der Waals surface area (Å²) in [6.45, 7) is 0.736. The lowest BCUT2D eigenvalue weighted by atomic mass is 10.2. The molecule has 2 aromatic carbocycles. The normalized spacial score (nSPS) is 12.1. The van der Waals surface area contributed by atoms with Gasteiger partial charge in [0.15, 0.2) is 0 Å². The summed E-state index contributed by atoms with van der Waals surface area (Å²) in [5, 5.41) is 0.342. The zero-order chi connectivity index (χ0) is 17.7. The first kappa shape index (κ1) is 18.9. The van der Waals surface area contributed by atoms with Gasteiger partial charge < -0.3 is 4.90 Å². The van der Waals surface area contributed by atoms with Crippen LogP contribution in [0.4, 0.5) is 4.39 Å². The number of rotatable bonds is 7. The van der Waals surface area contributed by atoms with Gasteiger partial charge in [-0.2, -0.15) is 4.31 Å². The Bertz CT molecular complexity index is 797. The lowest BCUT2D eigenvalue weighted by Crippen LogP contribution is -2.36. The maximum Gasteiger partial charge on any atom is 0.243 e. The molecule has 24 heavy (non-hydrogen) atoms. The Morgan fingerprint density at radius 3 is 2.38 bits per heavy atom. The van der Waals surface area contributed by atoms with Gasteiger partial charge in [0.2, 0.25) is 10.0 Å². The fourth-order valence-corrected chi connectivity index (χ4v) is 3.90. The molecule has 0 spiro atoms. The SMILES string of the molecule is CN(C)CCN(Cc1ccccc1F)S(=O)(=O)c1cccc(Cl)c1. The van der Waals surface area contributed by atoms with Crippen molar-refractivity contribution in [2.75, 3.05) is 27.2 Å². The standard InChI is InChI=1S/C17H20ClFN2O2S/c1-20(2)10-11-21(13-14-6-3-4-9-17(14)19)24(22,23)16-8-5-7-15(18)12-16/h3-9,12H,10-11,13H2,1-2H3. The summed E-state index contributed by atoms with van der Waals surface area (Å²) >= 11 is 5.92. The van der Waals surface area contributed by atoms with Gasteiger partial charge in [-0.1, -0.05) is 35.9 Å². The van der Waals surface area contributed by atoms with Gasteiger partial charge >= 0.3 is 0 Å². The molecule has 0 atom stereocenters. The molecule has 0 amide bonds. The lowest BCUT2D eigenvalue weighted by molar-refractivity contribution is 0.327. The van der Waals surface area contributed by atoms with Crippen LogP contribution in [-0.4, -0.2) is 44.8 Å². The first-order valence-corrected chi connectivity index (χ1v) is 9.26. The molecular weight excluding hydrogens is 351 g/mol. The summed E-state index contributed by atoms with van der Waals surface area (Å²) in [6, 6.07) is 12.3. The van der Waals surface area contributed by atoms with Crippen LogP contribution >= 0.6 is 11.6 Å². The number of nitrogens with zero attached hydrogens (tertiary/aromatic N) is 2. The van der Waals surface area contributed by atoms with E-state index >= 15 is 0 Å². The van der Waals surface area contributed by atoms with Crippen molar-refractivity contribution in [3.63, 3.8) is 0 Å². The van der Waals surface area contributed by atoms with E-state index in [0.29, 0.717) is 17.1 Å². The van der Waals surface area contributed by atoms with Gasteiger partial charge in [0, 0.05) is 30.2 Å². The van der Waals surface area contributed by atoms with Crippen molar-refractivity contribution in [3.8, 4) is 0 Å². The summed E-state index contributed by atoms with van der Waals surface area (Å²) in [4.78, 5) is 1.98. The summed E-state index contributed by atoms with van der Waals surface area (Å²) in [6.07, 6.45) is 0. The predicted molar refractivity (Wildman–Crippen MR) is 94.0 cm³/mol. The maximum absolute atomic E-state index is 14.0. The topological polar surface area (TPSA) is 40.6 Å². The summed E-state index contributed by atoms with van der Waals surface area (Å²) in [5.41, 5.74) is 0.335. The van der Waals surface area contributed by atoms with Gasteiger partial charge in [0.05, 0.1) is 4.90 Å². The first-order chi connectivity index (χ1) is 11.3. The van der Waals surface area contributed by atoms with Gasteiger partial charge in [0.25, 0.3) is 0 Å². The van der Waals surface area contributed by atoms with E-state index < -0.39 is 15.8 Å². The van der Waals surface area contributed by atoms with Gasteiger partial charge in [-0.15, -0.1) is 0 Å². The van der Waals surface area contributed by atoms with Crippen LogP contribution in [0.25, 0.3) is 0 Å². The second kappa shape index (κ2) is 8.07. The number of hydrogen-bond donors (Lipinski definition) is 0. The van der Waals surface area contributed by atoms with Crippen molar-refractivity contribution in [2.45, 2.75) is 11.4 Å². The minimum atomic E-state index is -3.78. The Kier molecular flexibility index (Phi) is 6.34. The molecule has 130 valence electrons. The molecule has 0 heterocycles. The Balaban J connectivity index is 2.36. The number of sulfonamides is 1. The van der Waals surface area contributed by atoms with Crippen LogP contribution in [0.5, 0.6) is 0 Å². The molecule has 2 aromatic rings. The summed E-state index contributed by atoms with van der Waals surface area (Å²) in [7, 11) is -0.0697. The van der Waals surface area contributed by atoms with Crippen LogP contribution in [0, 0.1) is 5.82 Å². The van der Waals surface area contributed by atoms with Crippen molar-refractivity contribution in [1.29, 1.82) is 0 Å². The molecule has 0 radical (unpaired) electrons. The Morgan fingerprint density at radius 1 is 1.04 bits per heavy atom. The summed E-state index contributed by atoms with van der Waals surface area (Å²) in [5.74, 6) is -0.423. The quantitative estimate of drug-likeness (QED) is 0.751. The largest absolute Gasteiger partial charge is 0.308 e. The second-order valence-electron chi connectivity index (χ2n) is 5.69. The van der Waals surface area contributed by atoms with Crippen molar-refractivity contribution >= 4 is 21.6 Å². The molecule has 0 aliphatic carbocycles. The second-order valence-corrected chi connectivity index (χ2v) is 8.07. The molecule has 0 saturated heterocycles. The minimum absolute atomic E-state index is 0.0324. The fraction of sp³-hybridized carbons (Fsp3) is 0.294. The van der Waals surface area contributed by atoms with Gasteiger partial charge in [0.1, 0.15) is 5.82 Å². The molecule has 0 unspecified atom stereocenters. The molecule has 4 nitrogen and oxygen atoms in total. The van der Waals surface area contributed by atoms with E-state index in [1.54, 1.807) is 30.3 Å². The zero-order valence-corrected chi connectivity index (χ0v) is 15.2. The Morgan fingerprint density at radius 2 is 1.75 bits per heavy atom. The smallest absolute Gasteiger partial charge is 0.243 e. The third-order valence-electron chi connectivity index (χ3n) is 3.54. The van der Waals surface area contributed by atoms with E-state index in [4.69, 9.17) is 11.6 Å². The average Bonchev–Trinajstić information content (AvgIpc) is 2.52. The van der Waals surface area contributed by atoms with Crippen LogP contribution in [-0.2, 0) is 16.6 Å². The number of benzene rings is 2. The van der Waals surface area contributed by atoms with Gasteiger partial charge in [-0.05, 0) is 38.4 Å². The van der Waals surface area contributed by atoms with E-state index in [-0.39, 0.29) is 18.0 Å². The van der Waals surface area contributed by atoms with E-state index in [1.807, 2.05) is 19.0 Å². The molecule has 0 aromatic heterocycles. The lowest BCUT2D eigenvalue weighted by Gasteiger charge is -2.24. The monoisotopic (exact) mass is 370 g/mol. The molecule has 2 rings (SSSR count). The molecule has 0 saturated carbocycles. The van der Waals surface area contributed by atoms with E-state index in [1.165, 1.54) is 22.5 Å². The molecule has 0 N–H and O–H groups in total. The van der Waals surface area contributed by atoms with Crippen molar-refractivity contribution < 1.29 is 12.8 Å². The zero-order valence-electron chi connectivity index (χ0n) is 13.6. The van der Waals surface area contributed by atoms with Crippen LogP contribution in [0.1, 0.15) is 5.56 Å². The highest BCUT2D eigenvalue weighted by Crippen LogP contribution is 2.22. The van der Waals surface area contributed by atoms with Crippen LogP contribution < -0.4 is 0 Å². The third-order valence-corrected chi connectivity index (χ3v) is 5.61. The molecule has 0 bridgehead atoms. The fourth-order valence-electron chi connectivity index (χ4n) is 2.19. The molecular formula is C17H20ClFN2O2S. The van der Waals surface area contributed by atoms with Crippen LogP contribution in [0.2, 0.25) is 5.02 Å². The van der Waals surface area contributed by atoms with Gasteiger partial charge in [-0.3, -0.25) is 0 Å². The van der Waals surface area contributed by atoms with E-state index in [0.717, 1.165) is 0 Å². The number of likely N-dealkylation sites (N-methyl/N-ethyl adjacent to an activating group) is 1.